The van der Waals surface area contributed by atoms with E-state index in [1.54, 1.807) is 0 Å². The Hall–Kier alpha value is -2.22. The molecule has 0 radical (unpaired) electrons. The van der Waals surface area contributed by atoms with Gasteiger partial charge < -0.3 is 16.0 Å². The number of anilines is 1. The van der Waals surface area contributed by atoms with Crippen molar-refractivity contribution >= 4 is 17.4 Å². The second-order valence-electron chi connectivity index (χ2n) is 5.00. The molecule has 1 aliphatic heterocycles. The minimum absolute atomic E-state index is 0.0835. The predicted octanol–water partition coefficient (Wildman–Crippen LogP) is 0.275. The third-order valence-electron chi connectivity index (χ3n) is 3.36. The molecule has 1 saturated heterocycles. The minimum Gasteiger partial charge on any atom is -0.365 e. The Labute approximate surface area is 116 Å². The van der Waals surface area contributed by atoms with E-state index in [4.69, 9.17) is 5.73 Å². The normalized spacial score (nSPS) is 22.6. The highest BCUT2D eigenvalue weighted by molar-refractivity contribution is 5.98. The molecule has 8 nitrogen and oxygen atoms in total. The Morgan fingerprint density at radius 1 is 1.60 bits per heavy atom. The van der Waals surface area contributed by atoms with Crippen LogP contribution in [0.1, 0.15) is 24.2 Å². The molecule has 1 amide bonds. The first-order chi connectivity index (χ1) is 9.40. The Morgan fingerprint density at radius 3 is 2.90 bits per heavy atom. The van der Waals surface area contributed by atoms with Gasteiger partial charge in [-0.3, -0.25) is 14.9 Å². The molecule has 2 unspecified atom stereocenters. The minimum atomic E-state index is -0.713. The number of piperazine rings is 1. The molecule has 0 spiro atoms. The first kappa shape index (κ1) is 14.2. The lowest BCUT2D eigenvalue weighted by Gasteiger charge is -2.38. The second kappa shape index (κ2) is 5.41. The number of carbonyl (C=O) groups excluding carboxylic acids is 1. The zero-order valence-electron chi connectivity index (χ0n) is 11.4. The molecule has 1 aromatic heterocycles. The van der Waals surface area contributed by atoms with E-state index < -0.39 is 10.8 Å². The first-order valence-electron chi connectivity index (χ1n) is 6.34. The maximum Gasteiger partial charge on any atom is 0.288 e. The van der Waals surface area contributed by atoms with Gasteiger partial charge in [-0.15, -0.1) is 0 Å². The average Bonchev–Trinajstić information content (AvgIpc) is 2.40. The van der Waals surface area contributed by atoms with Gasteiger partial charge in [0.15, 0.2) is 0 Å². The SMILES string of the molecule is CC1CN(c2ncc([N+](=O)[O-])cc2C(N)=O)C(C)CN1. The van der Waals surface area contributed by atoms with E-state index in [0.29, 0.717) is 12.4 Å². The van der Waals surface area contributed by atoms with Gasteiger partial charge in [0, 0.05) is 31.2 Å². The summed E-state index contributed by atoms with van der Waals surface area (Å²) in [5.41, 5.74) is 5.17. The van der Waals surface area contributed by atoms with Gasteiger partial charge in [-0.2, -0.15) is 0 Å². The number of rotatable bonds is 3. The Morgan fingerprint density at radius 2 is 2.30 bits per heavy atom. The van der Waals surface area contributed by atoms with E-state index in [2.05, 4.69) is 10.3 Å². The molecule has 0 aromatic carbocycles. The van der Waals surface area contributed by atoms with E-state index in [9.17, 15) is 14.9 Å². The van der Waals surface area contributed by atoms with Crippen molar-refractivity contribution in [3.63, 3.8) is 0 Å². The molecule has 0 bridgehead atoms. The van der Waals surface area contributed by atoms with E-state index in [0.717, 1.165) is 12.7 Å². The molecule has 1 aliphatic rings. The summed E-state index contributed by atoms with van der Waals surface area (Å²) >= 11 is 0. The van der Waals surface area contributed by atoms with Crippen molar-refractivity contribution in [3.05, 3.63) is 27.9 Å². The lowest BCUT2D eigenvalue weighted by atomic mass is 10.1. The topological polar surface area (TPSA) is 114 Å². The number of carbonyl (C=O) groups is 1. The molecule has 3 N–H and O–H groups in total. The molecule has 2 rings (SSSR count). The smallest absolute Gasteiger partial charge is 0.288 e. The molecule has 0 aliphatic carbocycles. The number of aromatic nitrogens is 1. The number of nitro groups is 1. The maximum absolute atomic E-state index is 11.5. The van der Waals surface area contributed by atoms with Crippen LogP contribution in [0.3, 0.4) is 0 Å². The fraction of sp³-hybridized carbons (Fsp3) is 0.500. The molecular formula is C12H17N5O3. The van der Waals surface area contributed by atoms with Gasteiger partial charge in [-0.25, -0.2) is 4.98 Å². The highest BCUT2D eigenvalue weighted by atomic mass is 16.6. The number of nitrogens with one attached hydrogen (secondary N) is 1. The predicted molar refractivity (Wildman–Crippen MR) is 73.7 cm³/mol. The third-order valence-corrected chi connectivity index (χ3v) is 3.36. The molecule has 1 fully saturated rings. The molecule has 2 atom stereocenters. The van der Waals surface area contributed by atoms with Gasteiger partial charge >= 0.3 is 0 Å². The van der Waals surface area contributed by atoms with Crippen molar-refractivity contribution < 1.29 is 9.72 Å². The van der Waals surface area contributed by atoms with E-state index >= 15 is 0 Å². The van der Waals surface area contributed by atoms with E-state index in [1.807, 2.05) is 18.7 Å². The summed E-state index contributed by atoms with van der Waals surface area (Å²) in [4.78, 5) is 27.8. The highest BCUT2D eigenvalue weighted by Crippen LogP contribution is 2.25. The van der Waals surface area contributed by atoms with Gasteiger partial charge in [0.2, 0.25) is 0 Å². The fourth-order valence-electron chi connectivity index (χ4n) is 2.27. The molecule has 0 saturated carbocycles. The lowest BCUT2D eigenvalue weighted by Crippen LogP contribution is -2.55. The largest absolute Gasteiger partial charge is 0.365 e. The van der Waals surface area contributed by atoms with Crippen LogP contribution in [0.25, 0.3) is 0 Å². The summed E-state index contributed by atoms with van der Waals surface area (Å²) in [6.07, 6.45) is 1.15. The summed E-state index contributed by atoms with van der Waals surface area (Å²) in [7, 11) is 0. The zero-order valence-corrected chi connectivity index (χ0v) is 11.4. The maximum atomic E-state index is 11.5. The van der Waals surface area contributed by atoms with Crippen LogP contribution in [0.2, 0.25) is 0 Å². The molecule has 1 aromatic rings. The van der Waals surface area contributed by atoms with Crippen molar-refractivity contribution in [2.75, 3.05) is 18.0 Å². The number of hydrogen-bond donors (Lipinski definition) is 2. The van der Waals surface area contributed by atoms with E-state index in [1.165, 1.54) is 6.07 Å². The summed E-state index contributed by atoms with van der Waals surface area (Å²) < 4.78 is 0. The molecule has 8 heteroatoms. The second-order valence-corrected chi connectivity index (χ2v) is 5.00. The van der Waals surface area contributed by atoms with Crippen molar-refractivity contribution in [2.24, 2.45) is 5.73 Å². The zero-order chi connectivity index (χ0) is 14.9. The number of nitrogens with two attached hydrogens (primary N) is 1. The standard InChI is InChI=1S/C12H17N5O3/c1-7-6-16(8(2)4-14-7)12-10(11(13)18)3-9(5-15-12)17(19)20/h3,5,7-8,14H,4,6H2,1-2H3,(H2,13,18). The molecular weight excluding hydrogens is 262 g/mol. The van der Waals surface area contributed by atoms with Crippen LogP contribution in [-0.2, 0) is 0 Å². The van der Waals surface area contributed by atoms with Crippen LogP contribution in [0, 0.1) is 10.1 Å². The average molecular weight is 279 g/mol. The van der Waals surface area contributed by atoms with Crippen molar-refractivity contribution in [3.8, 4) is 0 Å². The third kappa shape index (κ3) is 2.69. The number of amides is 1. The van der Waals surface area contributed by atoms with E-state index in [-0.39, 0.29) is 23.3 Å². The van der Waals surface area contributed by atoms with Crippen LogP contribution >= 0.6 is 0 Å². The van der Waals surface area contributed by atoms with Crippen LogP contribution in [0.4, 0.5) is 11.5 Å². The van der Waals surface area contributed by atoms with Gasteiger partial charge in [-0.1, -0.05) is 0 Å². The van der Waals surface area contributed by atoms with Crippen molar-refractivity contribution in [1.82, 2.24) is 10.3 Å². The van der Waals surface area contributed by atoms with Crippen LogP contribution in [0.5, 0.6) is 0 Å². The fourth-order valence-corrected chi connectivity index (χ4v) is 2.27. The van der Waals surface area contributed by atoms with Gasteiger partial charge in [0.1, 0.15) is 12.0 Å². The lowest BCUT2D eigenvalue weighted by molar-refractivity contribution is -0.385. The van der Waals surface area contributed by atoms with Crippen LogP contribution in [-0.4, -0.2) is 41.0 Å². The highest BCUT2D eigenvalue weighted by Gasteiger charge is 2.28. The number of primary amides is 1. The summed E-state index contributed by atoms with van der Waals surface area (Å²) in [6.45, 7) is 5.42. The Bertz CT molecular complexity index is 548. The monoisotopic (exact) mass is 279 g/mol. The first-order valence-corrected chi connectivity index (χ1v) is 6.34. The summed E-state index contributed by atoms with van der Waals surface area (Å²) in [6, 6.07) is 1.55. The Kier molecular flexibility index (Phi) is 3.84. The molecule has 20 heavy (non-hydrogen) atoms. The quantitative estimate of drug-likeness (QED) is 0.606. The Balaban J connectivity index is 2.44. The number of hydrogen-bond acceptors (Lipinski definition) is 6. The van der Waals surface area contributed by atoms with Crippen LogP contribution in [0.15, 0.2) is 12.3 Å². The van der Waals surface area contributed by atoms with Gasteiger partial charge in [-0.05, 0) is 13.8 Å². The summed E-state index contributed by atoms with van der Waals surface area (Å²) in [5.74, 6) is -0.307. The van der Waals surface area contributed by atoms with Gasteiger partial charge in [0.25, 0.3) is 11.6 Å². The van der Waals surface area contributed by atoms with Crippen molar-refractivity contribution in [2.45, 2.75) is 25.9 Å². The number of nitrogens with zero attached hydrogens (tertiary/aromatic N) is 3. The van der Waals surface area contributed by atoms with Crippen molar-refractivity contribution in [1.29, 1.82) is 0 Å². The number of pyridine rings is 1. The van der Waals surface area contributed by atoms with Crippen LogP contribution < -0.4 is 16.0 Å². The van der Waals surface area contributed by atoms with Gasteiger partial charge in [0.05, 0.1) is 10.5 Å². The molecule has 2 heterocycles. The summed E-state index contributed by atoms with van der Waals surface area (Å²) in [5, 5.41) is 14.1. The molecule has 108 valence electrons.